The molecule has 2 heterocycles. The smallest absolute Gasteiger partial charge is 0.328 e. The van der Waals surface area contributed by atoms with Gasteiger partial charge in [-0.05, 0) is 70.7 Å². The molecule has 0 amide bonds. The zero-order valence-electron chi connectivity index (χ0n) is 20.4. The largest absolute Gasteiger partial charge is 0.478 e. The van der Waals surface area contributed by atoms with Gasteiger partial charge in [0.15, 0.2) is 0 Å². The third-order valence-electron chi connectivity index (χ3n) is 6.03. The van der Waals surface area contributed by atoms with Gasteiger partial charge >= 0.3 is 12.0 Å². The summed E-state index contributed by atoms with van der Waals surface area (Å²) in [7, 11) is 0. The Bertz CT molecular complexity index is 1660. The Hall–Kier alpha value is -5.11. The predicted octanol–water partition coefficient (Wildman–Crippen LogP) is 6.75. The van der Waals surface area contributed by atoms with E-state index in [-0.39, 0.29) is 11.8 Å². The summed E-state index contributed by atoms with van der Waals surface area (Å²) in [5.74, 6) is -0.850. The number of H-pyrrole nitrogens is 1. The minimum atomic E-state index is -1.03. The number of carboxylic acids is 1. The average Bonchev–Trinajstić information content (AvgIpc) is 3.42. The minimum absolute atomic E-state index is 0.230. The number of aromatic amines is 1. The Balaban J connectivity index is 1.67. The van der Waals surface area contributed by atoms with E-state index in [4.69, 9.17) is 9.84 Å². The molecular formula is C30H23FN4O3. The van der Waals surface area contributed by atoms with Crippen molar-refractivity contribution in [3.8, 4) is 11.8 Å². The normalized spacial score (nSPS) is 12.1. The van der Waals surface area contributed by atoms with Crippen molar-refractivity contribution in [3.05, 3.63) is 119 Å². The van der Waals surface area contributed by atoms with Gasteiger partial charge in [0.25, 0.3) is 0 Å². The quantitative estimate of drug-likeness (QED) is 0.178. The molecule has 0 aliphatic heterocycles. The third kappa shape index (κ3) is 5.19. The Morgan fingerprint density at radius 1 is 1.03 bits per heavy atom. The molecule has 0 unspecified atom stereocenters. The number of fused-ring (bicyclic) bond motifs is 1. The molecule has 0 saturated carbocycles. The van der Waals surface area contributed by atoms with Crippen LogP contribution in [0.3, 0.4) is 0 Å². The molecule has 2 aromatic heterocycles. The van der Waals surface area contributed by atoms with Crippen LogP contribution in [-0.4, -0.2) is 31.2 Å². The Kier molecular flexibility index (Phi) is 7.04. The lowest BCUT2D eigenvalue weighted by Crippen LogP contribution is -1.99. The molecule has 0 bridgehead atoms. The molecule has 0 saturated heterocycles. The van der Waals surface area contributed by atoms with Gasteiger partial charge in [0.1, 0.15) is 11.6 Å². The Labute approximate surface area is 218 Å². The highest BCUT2D eigenvalue weighted by molar-refractivity contribution is 6.01. The fraction of sp³-hybridized carbons (Fsp3) is 0.0667. The molecule has 7 nitrogen and oxygen atoms in total. The summed E-state index contributed by atoms with van der Waals surface area (Å²) in [5, 5.41) is 16.2. The summed E-state index contributed by atoms with van der Waals surface area (Å²) in [4.78, 5) is 19.2. The van der Waals surface area contributed by atoms with Crippen molar-refractivity contribution in [1.29, 1.82) is 0 Å². The van der Waals surface area contributed by atoms with Gasteiger partial charge in [0.2, 0.25) is 0 Å². The van der Waals surface area contributed by atoms with Crippen molar-refractivity contribution in [2.24, 2.45) is 0 Å². The highest BCUT2D eigenvalue weighted by Crippen LogP contribution is 2.38. The monoisotopic (exact) mass is 506 g/mol. The van der Waals surface area contributed by atoms with Crippen molar-refractivity contribution in [3.63, 3.8) is 0 Å². The van der Waals surface area contributed by atoms with E-state index in [2.05, 4.69) is 20.2 Å². The first-order chi connectivity index (χ1) is 18.5. The first-order valence-corrected chi connectivity index (χ1v) is 12.0. The SMILES string of the molecule is CC/C(=C(/c1ccc(/C=C/C(=O)O)cc1)c1ccc2[nH]ncc2c1F)c1cccc(Oc2ncccn2)c1. The average molecular weight is 507 g/mol. The summed E-state index contributed by atoms with van der Waals surface area (Å²) in [5.41, 5.74) is 5.03. The first-order valence-electron chi connectivity index (χ1n) is 12.0. The number of allylic oxidation sites excluding steroid dienone is 1. The van der Waals surface area contributed by atoms with Crippen LogP contribution < -0.4 is 4.74 Å². The molecule has 0 aliphatic carbocycles. The number of hydrogen-bond acceptors (Lipinski definition) is 5. The van der Waals surface area contributed by atoms with Crippen LogP contribution in [0.1, 0.15) is 35.6 Å². The lowest BCUT2D eigenvalue weighted by atomic mass is 9.87. The highest BCUT2D eigenvalue weighted by Gasteiger charge is 2.19. The van der Waals surface area contributed by atoms with Crippen molar-refractivity contribution in [1.82, 2.24) is 20.2 Å². The second kappa shape index (κ2) is 10.9. The van der Waals surface area contributed by atoms with Gasteiger partial charge in [-0.2, -0.15) is 5.10 Å². The zero-order valence-corrected chi connectivity index (χ0v) is 20.4. The number of carboxylic acid groups (broad SMARTS) is 1. The van der Waals surface area contributed by atoms with Crippen LogP contribution in [-0.2, 0) is 4.79 Å². The number of carbonyl (C=O) groups is 1. The van der Waals surface area contributed by atoms with Gasteiger partial charge in [-0.25, -0.2) is 19.2 Å². The van der Waals surface area contributed by atoms with E-state index in [9.17, 15) is 4.79 Å². The van der Waals surface area contributed by atoms with E-state index < -0.39 is 5.97 Å². The summed E-state index contributed by atoms with van der Waals surface area (Å²) in [6.45, 7) is 2.02. The second-order valence-electron chi connectivity index (χ2n) is 8.42. The third-order valence-corrected chi connectivity index (χ3v) is 6.03. The Morgan fingerprint density at radius 2 is 1.82 bits per heavy atom. The van der Waals surface area contributed by atoms with Gasteiger partial charge in [-0.3, -0.25) is 5.10 Å². The molecule has 8 heteroatoms. The fourth-order valence-electron chi connectivity index (χ4n) is 4.31. The molecule has 5 aromatic rings. The number of benzene rings is 3. The summed E-state index contributed by atoms with van der Waals surface area (Å²) >= 11 is 0. The highest BCUT2D eigenvalue weighted by atomic mass is 19.1. The molecule has 38 heavy (non-hydrogen) atoms. The van der Waals surface area contributed by atoms with E-state index >= 15 is 4.39 Å². The van der Waals surface area contributed by atoms with Crippen LogP contribution in [0.2, 0.25) is 0 Å². The van der Waals surface area contributed by atoms with Crippen LogP contribution in [0, 0.1) is 5.82 Å². The second-order valence-corrected chi connectivity index (χ2v) is 8.42. The van der Waals surface area contributed by atoms with Crippen molar-refractivity contribution in [2.75, 3.05) is 0 Å². The lowest BCUT2D eigenvalue weighted by molar-refractivity contribution is -0.131. The van der Waals surface area contributed by atoms with Crippen LogP contribution in [0.5, 0.6) is 11.8 Å². The van der Waals surface area contributed by atoms with Gasteiger partial charge in [0.05, 0.1) is 17.1 Å². The number of halogens is 1. The van der Waals surface area contributed by atoms with E-state index in [1.54, 1.807) is 24.5 Å². The number of hydrogen-bond donors (Lipinski definition) is 2. The lowest BCUT2D eigenvalue weighted by Gasteiger charge is -2.18. The van der Waals surface area contributed by atoms with Crippen molar-refractivity contribution >= 4 is 34.1 Å². The van der Waals surface area contributed by atoms with E-state index in [1.165, 1.54) is 12.3 Å². The number of aromatic nitrogens is 4. The van der Waals surface area contributed by atoms with Crippen molar-refractivity contribution in [2.45, 2.75) is 13.3 Å². The van der Waals surface area contributed by atoms with Gasteiger partial charge in [0, 0.05) is 24.0 Å². The van der Waals surface area contributed by atoms with E-state index in [1.807, 2.05) is 61.5 Å². The summed E-state index contributed by atoms with van der Waals surface area (Å²) < 4.78 is 21.7. The molecular weight excluding hydrogens is 483 g/mol. The molecule has 188 valence electrons. The maximum absolute atomic E-state index is 15.9. The first kappa shape index (κ1) is 24.6. The molecule has 0 radical (unpaired) electrons. The maximum Gasteiger partial charge on any atom is 0.328 e. The van der Waals surface area contributed by atoms with Crippen LogP contribution in [0.15, 0.2) is 91.4 Å². The number of ether oxygens (including phenoxy) is 1. The minimum Gasteiger partial charge on any atom is -0.478 e. The van der Waals surface area contributed by atoms with Crippen LogP contribution in [0.4, 0.5) is 4.39 Å². The zero-order chi connectivity index (χ0) is 26.5. The van der Waals surface area contributed by atoms with Crippen LogP contribution >= 0.6 is 0 Å². The topological polar surface area (TPSA) is 101 Å². The molecule has 3 aromatic carbocycles. The number of aliphatic carboxylic acids is 1. The Morgan fingerprint density at radius 3 is 2.55 bits per heavy atom. The molecule has 2 N–H and O–H groups in total. The van der Waals surface area contributed by atoms with Crippen molar-refractivity contribution < 1.29 is 19.0 Å². The summed E-state index contributed by atoms with van der Waals surface area (Å²) in [6, 6.07) is 20.4. The standard InChI is InChI=1S/C30H23FN4O3/c1-2-23(21-5-3-6-22(17-21)38-30-32-15-4-16-33-30)28(20-10-7-19(8-11-20)9-14-27(36)37)24-12-13-26-25(29(24)31)18-34-35-26/h3-18H,2H2,1H3,(H,34,35)(H,36,37)/b14-9+,28-23+. The number of nitrogens with zero attached hydrogens (tertiary/aromatic N) is 3. The van der Waals surface area contributed by atoms with Gasteiger partial charge < -0.3 is 9.84 Å². The molecule has 0 fully saturated rings. The van der Waals surface area contributed by atoms with Gasteiger partial charge in [-0.15, -0.1) is 0 Å². The molecule has 0 spiro atoms. The van der Waals surface area contributed by atoms with E-state index in [0.29, 0.717) is 28.6 Å². The predicted molar refractivity (Wildman–Crippen MR) is 144 cm³/mol. The number of rotatable bonds is 8. The van der Waals surface area contributed by atoms with E-state index in [0.717, 1.165) is 33.9 Å². The number of nitrogens with one attached hydrogen (secondary N) is 1. The molecule has 5 rings (SSSR count). The molecule has 0 atom stereocenters. The summed E-state index contributed by atoms with van der Waals surface area (Å²) in [6.07, 6.45) is 7.88. The maximum atomic E-state index is 15.9. The van der Waals surface area contributed by atoms with Gasteiger partial charge in [-0.1, -0.05) is 43.3 Å². The fourth-order valence-corrected chi connectivity index (χ4v) is 4.31. The van der Waals surface area contributed by atoms with Crippen LogP contribution in [0.25, 0.3) is 28.1 Å². The molecule has 0 aliphatic rings.